The summed E-state index contributed by atoms with van der Waals surface area (Å²) in [7, 11) is 0. The Morgan fingerprint density at radius 1 is 1.44 bits per heavy atom. The Morgan fingerprint density at radius 2 is 2.11 bits per heavy atom. The number of carbonyl (C=O) groups excluding carboxylic acids is 1. The van der Waals surface area contributed by atoms with Crippen molar-refractivity contribution in [1.29, 1.82) is 0 Å². The number of H-pyrrole nitrogens is 1. The van der Waals surface area contributed by atoms with Crippen LogP contribution >= 0.6 is 0 Å². The molecule has 1 aromatic heterocycles. The number of aromatic amines is 1. The molecule has 1 amide bonds. The van der Waals surface area contributed by atoms with E-state index in [4.69, 9.17) is 10.8 Å². The van der Waals surface area contributed by atoms with Crippen molar-refractivity contribution in [1.82, 2.24) is 9.88 Å². The summed E-state index contributed by atoms with van der Waals surface area (Å²) in [5.41, 5.74) is 7.40. The van der Waals surface area contributed by atoms with Crippen LogP contribution in [0.2, 0.25) is 0 Å². The summed E-state index contributed by atoms with van der Waals surface area (Å²) in [6, 6.07) is 0.0208. The van der Waals surface area contributed by atoms with E-state index in [1.165, 1.54) is 0 Å². The average molecular weight is 251 g/mol. The minimum Gasteiger partial charge on any atom is -0.477 e. The van der Waals surface area contributed by atoms with Gasteiger partial charge in [0.15, 0.2) is 0 Å². The molecular weight excluding hydrogens is 234 g/mol. The number of aromatic nitrogens is 1. The first-order valence-corrected chi connectivity index (χ1v) is 5.89. The number of carboxylic acids is 1. The van der Waals surface area contributed by atoms with Gasteiger partial charge in [0.05, 0.1) is 5.56 Å². The standard InChI is InChI=1S/C12H17N3O3/c1-6-9(7(2)14-10(6)12(17)18)11(16)15-4-3-8(13)5-15/h8,14H,3-5,13H2,1-2H3,(H,17,18). The number of nitrogens with one attached hydrogen (secondary N) is 1. The minimum atomic E-state index is -1.05. The SMILES string of the molecule is Cc1[nH]c(C(=O)O)c(C)c1C(=O)N1CCC(N)C1. The van der Waals surface area contributed by atoms with Crippen LogP contribution in [0.3, 0.4) is 0 Å². The smallest absolute Gasteiger partial charge is 0.352 e. The van der Waals surface area contributed by atoms with E-state index in [1.807, 2.05) is 0 Å². The van der Waals surface area contributed by atoms with Gasteiger partial charge in [0.2, 0.25) is 0 Å². The fourth-order valence-corrected chi connectivity index (χ4v) is 2.41. The Kier molecular flexibility index (Phi) is 3.13. The molecule has 1 saturated heterocycles. The van der Waals surface area contributed by atoms with Crippen molar-refractivity contribution in [2.45, 2.75) is 26.3 Å². The number of aromatic carboxylic acids is 1. The van der Waals surface area contributed by atoms with Crippen LogP contribution in [-0.2, 0) is 0 Å². The lowest BCUT2D eigenvalue weighted by Crippen LogP contribution is -2.32. The molecular formula is C12H17N3O3. The molecule has 0 aliphatic carbocycles. The predicted molar refractivity (Wildman–Crippen MR) is 65.7 cm³/mol. The fraction of sp³-hybridized carbons (Fsp3) is 0.500. The molecule has 1 unspecified atom stereocenters. The Hall–Kier alpha value is -1.82. The normalized spacial score (nSPS) is 19.3. The summed E-state index contributed by atoms with van der Waals surface area (Å²) in [5.74, 6) is -1.19. The van der Waals surface area contributed by atoms with Crippen LogP contribution in [0, 0.1) is 13.8 Å². The maximum atomic E-state index is 12.3. The highest BCUT2D eigenvalue weighted by molar-refractivity contribution is 6.00. The Bertz CT molecular complexity index is 507. The van der Waals surface area contributed by atoms with Gasteiger partial charge >= 0.3 is 5.97 Å². The number of hydrogen-bond acceptors (Lipinski definition) is 3. The molecule has 0 radical (unpaired) electrons. The number of amides is 1. The Labute approximate surface area is 105 Å². The van der Waals surface area contributed by atoms with E-state index >= 15 is 0 Å². The summed E-state index contributed by atoms with van der Waals surface area (Å²) in [5, 5.41) is 9.02. The van der Waals surface area contributed by atoms with E-state index in [9.17, 15) is 9.59 Å². The van der Waals surface area contributed by atoms with E-state index in [0.717, 1.165) is 6.42 Å². The number of likely N-dealkylation sites (tertiary alicyclic amines) is 1. The first kappa shape index (κ1) is 12.6. The number of carbonyl (C=O) groups is 2. The van der Waals surface area contributed by atoms with E-state index in [1.54, 1.807) is 18.7 Å². The third kappa shape index (κ3) is 1.99. The van der Waals surface area contributed by atoms with Crippen molar-refractivity contribution < 1.29 is 14.7 Å². The zero-order chi connectivity index (χ0) is 13.4. The van der Waals surface area contributed by atoms with Crippen LogP contribution in [0.4, 0.5) is 0 Å². The maximum absolute atomic E-state index is 12.3. The van der Waals surface area contributed by atoms with Gasteiger partial charge in [0.1, 0.15) is 5.69 Å². The second kappa shape index (κ2) is 4.45. The summed E-state index contributed by atoms with van der Waals surface area (Å²) >= 11 is 0. The molecule has 2 rings (SSSR count). The number of nitrogens with zero attached hydrogens (tertiary/aromatic N) is 1. The minimum absolute atomic E-state index is 0.0208. The van der Waals surface area contributed by atoms with Gasteiger partial charge in [-0.15, -0.1) is 0 Å². The molecule has 0 spiro atoms. The first-order chi connectivity index (χ1) is 8.41. The number of hydrogen-bond donors (Lipinski definition) is 3. The molecule has 1 aliphatic rings. The number of rotatable bonds is 2. The number of nitrogens with two attached hydrogens (primary N) is 1. The fourth-order valence-electron chi connectivity index (χ4n) is 2.41. The summed E-state index contributed by atoms with van der Waals surface area (Å²) < 4.78 is 0. The summed E-state index contributed by atoms with van der Waals surface area (Å²) in [4.78, 5) is 27.8. The third-order valence-electron chi connectivity index (χ3n) is 3.38. The van der Waals surface area contributed by atoms with Crippen LogP contribution in [0.25, 0.3) is 0 Å². The van der Waals surface area contributed by atoms with Gasteiger partial charge in [-0.2, -0.15) is 0 Å². The molecule has 2 heterocycles. The molecule has 0 bridgehead atoms. The lowest BCUT2D eigenvalue weighted by atomic mass is 10.1. The molecule has 1 aromatic rings. The van der Waals surface area contributed by atoms with Crippen LogP contribution in [0.5, 0.6) is 0 Å². The highest BCUT2D eigenvalue weighted by Gasteiger charge is 2.29. The molecule has 0 aromatic carbocycles. The van der Waals surface area contributed by atoms with Crippen LogP contribution in [0.15, 0.2) is 0 Å². The maximum Gasteiger partial charge on any atom is 0.352 e. The first-order valence-electron chi connectivity index (χ1n) is 5.89. The highest BCUT2D eigenvalue weighted by Crippen LogP contribution is 2.21. The van der Waals surface area contributed by atoms with Crippen LogP contribution in [0.1, 0.15) is 38.5 Å². The highest BCUT2D eigenvalue weighted by atomic mass is 16.4. The lowest BCUT2D eigenvalue weighted by molar-refractivity contribution is 0.0690. The van der Waals surface area contributed by atoms with E-state index in [-0.39, 0.29) is 17.6 Å². The van der Waals surface area contributed by atoms with Crippen LogP contribution in [-0.4, -0.2) is 46.0 Å². The Morgan fingerprint density at radius 3 is 2.56 bits per heavy atom. The van der Waals surface area contributed by atoms with Crippen LogP contribution < -0.4 is 5.73 Å². The molecule has 4 N–H and O–H groups in total. The lowest BCUT2D eigenvalue weighted by Gasteiger charge is -2.16. The Balaban J connectivity index is 2.33. The van der Waals surface area contributed by atoms with E-state index in [0.29, 0.717) is 29.9 Å². The van der Waals surface area contributed by atoms with E-state index < -0.39 is 5.97 Å². The third-order valence-corrected chi connectivity index (χ3v) is 3.38. The van der Waals surface area contributed by atoms with Crippen molar-refractivity contribution >= 4 is 11.9 Å². The molecule has 6 heteroatoms. The van der Waals surface area contributed by atoms with Gasteiger partial charge in [-0.1, -0.05) is 0 Å². The van der Waals surface area contributed by atoms with Gasteiger partial charge in [0.25, 0.3) is 5.91 Å². The van der Waals surface area contributed by atoms with Crippen molar-refractivity contribution in [3.63, 3.8) is 0 Å². The van der Waals surface area contributed by atoms with Crippen molar-refractivity contribution in [2.75, 3.05) is 13.1 Å². The van der Waals surface area contributed by atoms with Gasteiger partial charge in [-0.3, -0.25) is 4.79 Å². The van der Waals surface area contributed by atoms with Gasteiger partial charge in [-0.25, -0.2) is 4.79 Å². The summed E-state index contributed by atoms with van der Waals surface area (Å²) in [6.07, 6.45) is 0.792. The van der Waals surface area contributed by atoms with Gasteiger partial charge in [0, 0.05) is 24.8 Å². The predicted octanol–water partition coefficient (Wildman–Crippen LogP) is 0.503. The van der Waals surface area contributed by atoms with Gasteiger partial charge in [-0.05, 0) is 25.8 Å². The molecule has 6 nitrogen and oxygen atoms in total. The second-order valence-corrected chi connectivity index (χ2v) is 4.73. The second-order valence-electron chi connectivity index (χ2n) is 4.73. The topological polar surface area (TPSA) is 99.4 Å². The molecule has 0 saturated carbocycles. The molecule has 98 valence electrons. The van der Waals surface area contributed by atoms with Gasteiger partial charge < -0.3 is 20.7 Å². The average Bonchev–Trinajstić information content (AvgIpc) is 2.83. The van der Waals surface area contributed by atoms with Crippen molar-refractivity contribution in [2.24, 2.45) is 5.73 Å². The molecule has 1 aliphatic heterocycles. The molecule has 18 heavy (non-hydrogen) atoms. The number of aryl methyl sites for hydroxylation is 1. The van der Waals surface area contributed by atoms with Crippen molar-refractivity contribution in [3.8, 4) is 0 Å². The zero-order valence-electron chi connectivity index (χ0n) is 10.5. The van der Waals surface area contributed by atoms with E-state index in [2.05, 4.69) is 4.98 Å². The monoisotopic (exact) mass is 251 g/mol. The van der Waals surface area contributed by atoms with Crippen molar-refractivity contribution in [3.05, 3.63) is 22.5 Å². The molecule has 1 fully saturated rings. The quantitative estimate of drug-likeness (QED) is 0.712. The largest absolute Gasteiger partial charge is 0.477 e. The number of carboxylic acid groups (broad SMARTS) is 1. The zero-order valence-corrected chi connectivity index (χ0v) is 10.5. The molecule has 1 atom stereocenters. The summed E-state index contributed by atoms with van der Waals surface area (Å²) in [6.45, 7) is 4.52.